The minimum Gasteiger partial charge on any atom is -0.371 e. The smallest absolute Gasteiger partial charge is 0.222 e. The summed E-state index contributed by atoms with van der Waals surface area (Å²) >= 11 is 1.77. The highest BCUT2D eigenvalue weighted by molar-refractivity contribution is 7.07. The van der Waals surface area contributed by atoms with E-state index in [0.29, 0.717) is 12.0 Å². The van der Waals surface area contributed by atoms with Crippen LogP contribution in [0, 0.1) is 0 Å². The average molecular weight is 316 g/mol. The molecule has 116 valence electrons. The van der Waals surface area contributed by atoms with E-state index in [9.17, 15) is 0 Å². The van der Waals surface area contributed by atoms with Gasteiger partial charge in [0, 0.05) is 38.4 Å². The fourth-order valence-electron chi connectivity index (χ4n) is 3.48. The maximum atomic E-state index is 6.18. The molecular weight excluding hydrogens is 296 g/mol. The topological polar surface area (TPSA) is 50.3 Å². The number of hydrogen-bond acceptors (Lipinski definition) is 6. The van der Waals surface area contributed by atoms with Gasteiger partial charge in [-0.25, -0.2) is 9.97 Å². The molecule has 22 heavy (non-hydrogen) atoms. The van der Waals surface area contributed by atoms with Gasteiger partial charge in [-0.3, -0.25) is 4.90 Å². The Hall–Kier alpha value is -1.50. The summed E-state index contributed by atoms with van der Waals surface area (Å²) in [6, 6.07) is 4.35. The molecule has 2 aliphatic heterocycles. The maximum Gasteiger partial charge on any atom is 0.222 e. The van der Waals surface area contributed by atoms with Gasteiger partial charge in [-0.1, -0.05) is 0 Å². The van der Waals surface area contributed by atoms with E-state index in [2.05, 4.69) is 37.0 Å². The summed E-state index contributed by atoms with van der Waals surface area (Å²) in [5, 5.41) is 7.77. The van der Waals surface area contributed by atoms with E-state index >= 15 is 0 Å². The number of ether oxygens (including phenoxy) is 1. The summed E-state index contributed by atoms with van der Waals surface area (Å²) in [7, 11) is 0. The normalized spacial score (nSPS) is 28.5. The third-order valence-electron chi connectivity index (χ3n) is 4.49. The number of anilines is 1. The number of rotatable bonds is 4. The number of likely N-dealkylation sites (tertiary alicyclic amines) is 1. The number of hydrogen-bond donors (Lipinski definition) is 1. The lowest BCUT2D eigenvalue weighted by Crippen LogP contribution is -2.33. The van der Waals surface area contributed by atoms with Gasteiger partial charge in [0.05, 0.1) is 18.2 Å². The van der Waals surface area contributed by atoms with Crippen molar-refractivity contribution in [2.75, 3.05) is 25.0 Å². The molecule has 2 fully saturated rings. The molecule has 0 unspecified atom stereocenters. The Labute approximate surface area is 134 Å². The van der Waals surface area contributed by atoms with Gasteiger partial charge in [0.2, 0.25) is 5.95 Å². The van der Waals surface area contributed by atoms with Gasteiger partial charge < -0.3 is 10.1 Å². The van der Waals surface area contributed by atoms with Crippen LogP contribution < -0.4 is 5.32 Å². The molecule has 1 N–H and O–H groups in total. The fraction of sp³-hybridized carbons (Fsp3) is 0.500. The van der Waals surface area contributed by atoms with Crippen LogP contribution in [-0.4, -0.2) is 46.2 Å². The van der Waals surface area contributed by atoms with Gasteiger partial charge in [-0.2, -0.15) is 11.3 Å². The van der Waals surface area contributed by atoms with Crippen molar-refractivity contribution in [2.24, 2.45) is 0 Å². The first-order valence-electron chi connectivity index (χ1n) is 7.72. The molecule has 1 spiro atoms. The van der Waals surface area contributed by atoms with Crippen LogP contribution in [0.1, 0.15) is 18.4 Å². The molecule has 4 heterocycles. The Balaban J connectivity index is 1.34. The number of nitrogens with one attached hydrogen (secondary N) is 1. The largest absolute Gasteiger partial charge is 0.371 e. The summed E-state index contributed by atoms with van der Waals surface area (Å²) in [5.74, 6) is 0.696. The second-order valence-electron chi connectivity index (χ2n) is 6.20. The van der Waals surface area contributed by atoms with Crippen LogP contribution in [-0.2, 0) is 11.3 Å². The highest BCUT2D eigenvalue weighted by Crippen LogP contribution is 2.36. The van der Waals surface area contributed by atoms with Gasteiger partial charge in [-0.05, 0) is 34.9 Å². The number of thiophene rings is 1. The van der Waals surface area contributed by atoms with Crippen LogP contribution in [0.4, 0.5) is 5.95 Å². The van der Waals surface area contributed by atoms with Crippen LogP contribution in [0.2, 0.25) is 0 Å². The van der Waals surface area contributed by atoms with Crippen LogP contribution in [0.5, 0.6) is 0 Å². The van der Waals surface area contributed by atoms with Crippen molar-refractivity contribution >= 4 is 17.3 Å². The van der Waals surface area contributed by atoms with Gasteiger partial charge in [0.25, 0.3) is 0 Å². The van der Waals surface area contributed by atoms with E-state index in [4.69, 9.17) is 4.74 Å². The lowest BCUT2D eigenvalue weighted by atomic mass is 9.97. The van der Waals surface area contributed by atoms with Crippen molar-refractivity contribution in [2.45, 2.75) is 31.0 Å². The van der Waals surface area contributed by atoms with Crippen molar-refractivity contribution in [3.8, 4) is 0 Å². The molecule has 4 rings (SSSR count). The highest BCUT2D eigenvalue weighted by atomic mass is 32.1. The molecular formula is C16H20N4OS. The zero-order valence-electron chi connectivity index (χ0n) is 12.4. The molecule has 0 aromatic carbocycles. The summed E-state index contributed by atoms with van der Waals surface area (Å²) in [6.45, 7) is 3.92. The van der Waals surface area contributed by atoms with Crippen molar-refractivity contribution in [1.29, 1.82) is 0 Å². The van der Waals surface area contributed by atoms with E-state index in [0.717, 1.165) is 39.1 Å². The lowest BCUT2D eigenvalue weighted by Gasteiger charge is -2.23. The van der Waals surface area contributed by atoms with E-state index in [1.807, 2.05) is 6.07 Å². The Morgan fingerprint density at radius 3 is 3.14 bits per heavy atom. The van der Waals surface area contributed by atoms with Crippen molar-refractivity contribution < 1.29 is 4.74 Å². The molecule has 2 saturated heterocycles. The molecule has 0 amide bonds. The quantitative estimate of drug-likeness (QED) is 0.938. The van der Waals surface area contributed by atoms with Crippen molar-refractivity contribution in [3.05, 3.63) is 40.8 Å². The predicted octanol–water partition coefficient (Wildman–Crippen LogP) is 2.38. The first kappa shape index (κ1) is 14.1. The zero-order valence-corrected chi connectivity index (χ0v) is 13.3. The van der Waals surface area contributed by atoms with Crippen LogP contribution in [0.3, 0.4) is 0 Å². The van der Waals surface area contributed by atoms with Crippen LogP contribution in [0.25, 0.3) is 0 Å². The Kier molecular flexibility index (Phi) is 3.82. The SMILES string of the molecule is c1cnc(N[C@H]2CO[C@]3(CCN(Cc4ccsc4)C3)C2)nc1. The van der Waals surface area contributed by atoms with Gasteiger partial charge >= 0.3 is 0 Å². The molecule has 2 aromatic rings. The lowest BCUT2D eigenvalue weighted by molar-refractivity contribution is 0.0120. The molecule has 2 aromatic heterocycles. The second-order valence-corrected chi connectivity index (χ2v) is 6.98. The fourth-order valence-corrected chi connectivity index (χ4v) is 4.14. The van der Waals surface area contributed by atoms with E-state index in [1.165, 1.54) is 5.56 Å². The molecule has 0 aliphatic carbocycles. The predicted molar refractivity (Wildman–Crippen MR) is 87.0 cm³/mol. The Morgan fingerprint density at radius 1 is 1.41 bits per heavy atom. The van der Waals surface area contributed by atoms with Crippen molar-refractivity contribution in [3.63, 3.8) is 0 Å². The van der Waals surface area contributed by atoms with Crippen LogP contribution >= 0.6 is 11.3 Å². The van der Waals surface area contributed by atoms with Gasteiger partial charge in [0.1, 0.15) is 0 Å². The summed E-state index contributed by atoms with van der Waals surface area (Å²) in [6.07, 6.45) is 5.68. The molecule has 0 saturated carbocycles. The highest BCUT2D eigenvalue weighted by Gasteiger charge is 2.45. The summed E-state index contributed by atoms with van der Waals surface area (Å²) < 4.78 is 6.18. The first-order chi connectivity index (χ1) is 10.8. The number of nitrogens with zero attached hydrogens (tertiary/aromatic N) is 3. The molecule has 5 nitrogen and oxygen atoms in total. The molecule has 6 heteroatoms. The van der Waals surface area contributed by atoms with E-state index in [1.54, 1.807) is 23.7 Å². The van der Waals surface area contributed by atoms with Crippen molar-refractivity contribution in [1.82, 2.24) is 14.9 Å². The molecule has 2 atom stereocenters. The minimum absolute atomic E-state index is 0.0163. The zero-order chi connectivity index (χ0) is 14.8. The summed E-state index contributed by atoms with van der Waals surface area (Å²) in [5.41, 5.74) is 1.43. The second kappa shape index (κ2) is 5.95. The third-order valence-corrected chi connectivity index (χ3v) is 5.22. The minimum atomic E-state index is 0.0163. The number of aromatic nitrogens is 2. The average Bonchev–Trinajstić information content (AvgIpc) is 3.25. The monoisotopic (exact) mass is 316 g/mol. The first-order valence-corrected chi connectivity index (χ1v) is 8.67. The van der Waals surface area contributed by atoms with Gasteiger partial charge in [0.15, 0.2) is 0 Å². The molecule has 2 aliphatic rings. The molecule has 0 radical (unpaired) electrons. The Morgan fingerprint density at radius 2 is 2.32 bits per heavy atom. The molecule has 0 bridgehead atoms. The van der Waals surface area contributed by atoms with E-state index < -0.39 is 0 Å². The maximum absolute atomic E-state index is 6.18. The van der Waals surface area contributed by atoms with E-state index in [-0.39, 0.29) is 5.60 Å². The van der Waals surface area contributed by atoms with Crippen LogP contribution in [0.15, 0.2) is 35.3 Å². The van der Waals surface area contributed by atoms with Gasteiger partial charge in [-0.15, -0.1) is 0 Å². The third kappa shape index (κ3) is 2.99. The summed E-state index contributed by atoms with van der Waals surface area (Å²) in [4.78, 5) is 11.0. The standard InChI is InChI=1S/C16H20N4OS/c1-4-17-15(18-5-1)19-14-8-16(21-10-14)3-6-20(12-16)9-13-2-7-22-11-13/h1-2,4-5,7,11,14H,3,6,8-10,12H2,(H,17,18,19)/t14-,16-/m1/s1. The Bertz CT molecular complexity index is 606.